The Morgan fingerprint density at radius 1 is 1.67 bits per heavy atom. The van der Waals surface area contributed by atoms with Crippen molar-refractivity contribution in [1.29, 1.82) is 0 Å². The lowest BCUT2D eigenvalue weighted by atomic mass is 10.2. The molecule has 12 heavy (non-hydrogen) atoms. The molecular weight excluding hydrogens is 201 g/mol. The fourth-order valence-corrected chi connectivity index (χ4v) is 0.724. The first-order chi connectivity index (χ1) is 4.74. The van der Waals surface area contributed by atoms with Gasteiger partial charge >= 0.3 is 0 Å². The molecule has 1 aromatic heterocycles. The first-order valence-electron chi connectivity index (χ1n) is 3.10. The largest absolute Gasteiger partial charge is 0.394 e. The van der Waals surface area contributed by atoms with Gasteiger partial charge in [-0.3, -0.25) is 4.68 Å². The number of aryl methyl sites for hydroxylation is 1. The maximum absolute atomic E-state index is 8.62. The van der Waals surface area contributed by atoms with Gasteiger partial charge in [0.2, 0.25) is 0 Å². The molecule has 6 heteroatoms. The summed E-state index contributed by atoms with van der Waals surface area (Å²) in [6.07, 6.45) is 1.80. The predicted molar refractivity (Wildman–Crippen MR) is 51.7 cm³/mol. The van der Waals surface area contributed by atoms with E-state index in [0.717, 1.165) is 5.69 Å². The summed E-state index contributed by atoms with van der Waals surface area (Å²) in [5, 5.41) is 12.6. The van der Waals surface area contributed by atoms with E-state index in [1.54, 1.807) is 16.9 Å². The Bertz CT molecular complexity index is 216. The Morgan fingerprint density at radius 2 is 2.25 bits per heavy atom. The van der Waals surface area contributed by atoms with Gasteiger partial charge in [0.25, 0.3) is 0 Å². The minimum absolute atomic E-state index is 0. The monoisotopic (exact) mass is 213 g/mol. The summed E-state index contributed by atoms with van der Waals surface area (Å²) in [6.45, 7) is -0.0585. The second kappa shape index (κ2) is 6.25. The average Bonchev–Trinajstić information content (AvgIpc) is 2.34. The highest BCUT2D eigenvalue weighted by atomic mass is 35.5. The summed E-state index contributed by atoms with van der Waals surface area (Å²) in [4.78, 5) is 0. The van der Waals surface area contributed by atoms with E-state index in [4.69, 9.17) is 10.8 Å². The number of aliphatic hydroxyl groups is 1. The zero-order chi connectivity index (χ0) is 7.56. The summed E-state index contributed by atoms with van der Waals surface area (Å²) in [5.41, 5.74) is 6.21. The van der Waals surface area contributed by atoms with Gasteiger partial charge in [0.15, 0.2) is 0 Å². The van der Waals surface area contributed by atoms with Crippen LogP contribution in [0, 0.1) is 0 Å². The third kappa shape index (κ3) is 3.40. The van der Waals surface area contributed by atoms with E-state index in [1.165, 1.54) is 0 Å². The summed E-state index contributed by atoms with van der Waals surface area (Å²) in [6, 6.07) is 1.45. The molecule has 0 bridgehead atoms. The second-order valence-corrected chi connectivity index (χ2v) is 2.20. The van der Waals surface area contributed by atoms with Gasteiger partial charge in [0, 0.05) is 13.2 Å². The molecule has 0 unspecified atom stereocenters. The normalized spacial score (nSPS) is 11.2. The van der Waals surface area contributed by atoms with Crippen molar-refractivity contribution >= 4 is 24.8 Å². The van der Waals surface area contributed by atoms with Crippen LogP contribution in [0.3, 0.4) is 0 Å². The minimum Gasteiger partial charge on any atom is -0.394 e. The Morgan fingerprint density at radius 3 is 2.58 bits per heavy atom. The van der Waals surface area contributed by atoms with Crippen LogP contribution in [0.15, 0.2) is 12.3 Å². The molecule has 4 nitrogen and oxygen atoms in total. The van der Waals surface area contributed by atoms with Crippen LogP contribution in [-0.2, 0) is 7.05 Å². The lowest BCUT2D eigenvalue weighted by Crippen LogP contribution is -2.15. The molecule has 0 aliphatic heterocycles. The molecule has 72 valence electrons. The first-order valence-corrected chi connectivity index (χ1v) is 3.10. The molecule has 0 saturated heterocycles. The summed E-state index contributed by atoms with van der Waals surface area (Å²) < 4.78 is 1.66. The zero-order valence-corrected chi connectivity index (χ0v) is 8.31. The molecule has 0 saturated carbocycles. The Kier molecular flexibility index (Phi) is 7.42. The lowest BCUT2D eigenvalue weighted by Gasteiger charge is -2.01. The average molecular weight is 214 g/mol. The first kappa shape index (κ1) is 14.2. The van der Waals surface area contributed by atoms with Crippen LogP contribution < -0.4 is 5.73 Å². The second-order valence-electron chi connectivity index (χ2n) is 2.20. The van der Waals surface area contributed by atoms with Crippen molar-refractivity contribution in [2.75, 3.05) is 6.61 Å². The summed E-state index contributed by atoms with van der Waals surface area (Å²) in [5.74, 6) is 0. The maximum Gasteiger partial charge on any atom is 0.0815 e. The molecule has 1 aromatic rings. The van der Waals surface area contributed by atoms with Crippen molar-refractivity contribution in [2.24, 2.45) is 12.8 Å². The maximum atomic E-state index is 8.62. The molecule has 0 amide bonds. The molecule has 1 heterocycles. The molecule has 0 spiro atoms. The zero-order valence-electron chi connectivity index (χ0n) is 6.67. The van der Waals surface area contributed by atoms with Gasteiger partial charge in [-0.15, -0.1) is 24.8 Å². The number of nitrogens with two attached hydrogens (primary N) is 1. The van der Waals surface area contributed by atoms with Crippen molar-refractivity contribution in [2.45, 2.75) is 6.04 Å². The smallest absolute Gasteiger partial charge is 0.0815 e. The van der Waals surface area contributed by atoms with E-state index in [-0.39, 0.29) is 37.5 Å². The number of halogens is 2. The topological polar surface area (TPSA) is 64.1 Å². The van der Waals surface area contributed by atoms with Gasteiger partial charge in [-0.05, 0) is 6.07 Å². The van der Waals surface area contributed by atoms with Gasteiger partial charge < -0.3 is 10.8 Å². The highest BCUT2D eigenvalue weighted by Crippen LogP contribution is 2.03. The number of hydrogen-bond donors (Lipinski definition) is 2. The van der Waals surface area contributed by atoms with Crippen molar-refractivity contribution in [1.82, 2.24) is 9.78 Å². The van der Waals surface area contributed by atoms with E-state index in [2.05, 4.69) is 5.10 Å². The van der Waals surface area contributed by atoms with Crippen LogP contribution in [0.25, 0.3) is 0 Å². The van der Waals surface area contributed by atoms with Crippen molar-refractivity contribution < 1.29 is 5.11 Å². The number of aliphatic hydroxyl groups excluding tert-OH is 1. The van der Waals surface area contributed by atoms with Crippen LogP contribution >= 0.6 is 24.8 Å². The van der Waals surface area contributed by atoms with Crippen molar-refractivity contribution in [3.05, 3.63) is 18.0 Å². The predicted octanol–water partition coefficient (Wildman–Crippen LogP) is 0.256. The van der Waals surface area contributed by atoms with Gasteiger partial charge in [-0.2, -0.15) is 5.10 Å². The van der Waals surface area contributed by atoms with Gasteiger partial charge in [-0.1, -0.05) is 0 Å². The molecule has 0 fully saturated rings. The van der Waals surface area contributed by atoms with Gasteiger partial charge in [-0.25, -0.2) is 0 Å². The van der Waals surface area contributed by atoms with Gasteiger partial charge in [0.1, 0.15) is 0 Å². The van der Waals surface area contributed by atoms with Crippen LogP contribution in [0.4, 0.5) is 0 Å². The third-order valence-electron chi connectivity index (χ3n) is 1.31. The highest BCUT2D eigenvalue weighted by molar-refractivity contribution is 5.85. The number of nitrogens with zero attached hydrogens (tertiary/aromatic N) is 2. The molecule has 0 aliphatic rings. The van der Waals surface area contributed by atoms with Gasteiger partial charge in [0.05, 0.1) is 18.3 Å². The van der Waals surface area contributed by atoms with E-state index < -0.39 is 0 Å². The summed E-state index contributed by atoms with van der Waals surface area (Å²) in [7, 11) is 1.81. The Balaban J connectivity index is 0. The Labute approximate surface area is 83.6 Å². The van der Waals surface area contributed by atoms with E-state index in [9.17, 15) is 0 Å². The number of aromatic nitrogens is 2. The number of rotatable bonds is 2. The minimum atomic E-state index is -0.346. The molecule has 1 atom stereocenters. The van der Waals surface area contributed by atoms with Crippen LogP contribution in [0.1, 0.15) is 11.7 Å². The van der Waals surface area contributed by atoms with E-state index in [1.807, 2.05) is 7.05 Å². The molecule has 1 rings (SSSR count). The molecular formula is C6H13Cl2N3O. The van der Waals surface area contributed by atoms with Crippen molar-refractivity contribution in [3.63, 3.8) is 0 Å². The van der Waals surface area contributed by atoms with Crippen LogP contribution in [0.2, 0.25) is 0 Å². The SMILES string of the molecule is Cl.Cl.Cn1ccc([C@@H](N)CO)n1. The standard InChI is InChI=1S/C6H11N3O.2ClH/c1-9-3-2-6(8-9)5(7)4-10;;/h2-3,5,10H,4,7H2,1H3;2*1H/t5-;;/m0../s1. The van der Waals surface area contributed by atoms with E-state index in [0.29, 0.717) is 0 Å². The fraction of sp³-hybridized carbons (Fsp3) is 0.500. The Hall–Kier alpha value is -0.290. The van der Waals surface area contributed by atoms with E-state index >= 15 is 0 Å². The molecule has 0 radical (unpaired) electrons. The molecule has 3 N–H and O–H groups in total. The van der Waals surface area contributed by atoms with Crippen molar-refractivity contribution in [3.8, 4) is 0 Å². The lowest BCUT2D eigenvalue weighted by molar-refractivity contribution is 0.265. The highest BCUT2D eigenvalue weighted by Gasteiger charge is 2.05. The third-order valence-corrected chi connectivity index (χ3v) is 1.31. The fourth-order valence-electron chi connectivity index (χ4n) is 0.724. The van der Waals surface area contributed by atoms with Crippen LogP contribution in [0.5, 0.6) is 0 Å². The summed E-state index contributed by atoms with van der Waals surface area (Å²) >= 11 is 0. The number of hydrogen-bond acceptors (Lipinski definition) is 3. The molecule has 0 aromatic carbocycles. The molecule has 0 aliphatic carbocycles. The quantitative estimate of drug-likeness (QED) is 0.741. The van der Waals surface area contributed by atoms with Crippen LogP contribution in [-0.4, -0.2) is 21.5 Å².